The first-order valence-corrected chi connectivity index (χ1v) is 4.84. The van der Waals surface area contributed by atoms with Gasteiger partial charge in [0, 0.05) is 11.6 Å². The molecule has 1 aliphatic heterocycles. The van der Waals surface area contributed by atoms with E-state index in [4.69, 9.17) is 16.3 Å². The Labute approximate surface area is 95.0 Å². The molecule has 1 N–H and O–H groups in total. The highest BCUT2D eigenvalue weighted by Gasteiger charge is 2.14. The second-order valence-corrected chi connectivity index (χ2v) is 3.55. The van der Waals surface area contributed by atoms with Crippen LogP contribution >= 0.6 is 24.0 Å². The van der Waals surface area contributed by atoms with E-state index in [0.29, 0.717) is 0 Å². The molecule has 2 rings (SSSR count). The summed E-state index contributed by atoms with van der Waals surface area (Å²) in [6.45, 7) is 1.85. The van der Waals surface area contributed by atoms with Gasteiger partial charge in [-0.25, -0.2) is 0 Å². The lowest BCUT2D eigenvalue weighted by atomic mass is 10.2. The Morgan fingerprint density at radius 1 is 1.29 bits per heavy atom. The van der Waals surface area contributed by atoms with Crippen LogP contribution in [0.3, 0.4) is 0 Å². The fourth-order valence-electron chi connectivity index (χ4n) is 1.42. The summed E-state index contributed by atoms with van der Waals surface area (Å²) in [5.41, 5.74) is 1.14. The van der Waals surface area contributed by atoms with E-state index in [1.54, 1.807) is 0 Å². The normalized spacial score (nSPS) is 21.4. The van der Waals surface area contributed by atoms with Crippen molar-refractivity contribution in [3.63, 3.8) is 0 Å². The molecule has 14 heavy (non-hydrogen) atoms. The molecule has 0 aromatic heterocycles. The molecule has 1 aliphatic rings. The molecule has 1 unspecified atom stereocenters. The third kappa shape index (κ3) is 2.85. The fourth-order valence-corrected chi connectivity index (χ4v) is 1.54. The van der Waals surface area contributed by atoms with Crippen LogP contribution in [0.15, 0.2) is 24.3 Å². The molecule has 0 radical (unpaired) electrons. The standard InChI is InChI=1S/C10H12ClNO.ClH/c11-9-4-2-8(3-5-9)10-12-6-1-7-13-10;/h2-5,10,12H,1,6-7H2;1H. The zero-order chi connectivity index (χ0) is 9.10. The van der Waals surface area contributed by atoms with Crippen LogP contribution in [0.5, 0.6) is 0 Å². The Bertz CT molecular complexity index is 270. The van der Waals surface area contributed by atoms with Crippen molar-refractivity contribution in [2.45, 2.75) is 12.6 Å². The van der Waals surface area contributed by atoms with Gasteiger partial charge in [-0.15, -0.1) is 12.4 Å². The van der Waals surface area contributed by atoms with E-state index in [0.717, 1.165) is 30.2 Å². The molecular weight excluding hydrogens is 221 g/mol. The van der Waals surface area contributed by atoms with Crippen molar-refractivity contribution < 1.29 is 4.74 Å². The van der Waals surface area contributed by atoms with Crippen LogP contribution in [0.25, 0.3) is 0 Å². The lowest BCUT2D eigenvalue weighted by Gasteiger charge is -2.24. The van der Waals surface area contributed by atoms with Gasteiger partial charge in [-0.1, -0.05) is 23.7 Å². The minimum Gasteiger partial charge on any atom is -0.359 e. The van der Waals surface area contributed by atoms with E-state index in [1.807, 2.05) is 24.3 Å². The lowest BCUT2D eigenvalue weighted by Crippen LogP contribution is -2.30. The average Bonchev–Trinajstić information content (AvgIpc) is 2.20. The molecule has 1 saturated heterocycles. The van der Waals surface area contributed by atoms with E-state index < -0.39 is 0 Å². The van der Waals surface area contributed by atoms with Gasteiger partial charge in [-0.3, -0.25) is 5.32 Å². The van der Waals surface area contributed by atoms with Crippen LogP contribution in [-0.4, -0.2) is 13.2 Å². The number of rotatable bonds is 1. The van der Waals surface area contributed by atoms with Gasteiger partial charge in [0.25, 0.3) is 0 Å². The molecule has 1 aromatic carbocycles. The number of ether oxygens (including phenoxy) is 1. The second kappa shape index (κ2) is 5.56. The van der Waals surface area contributed by atoms with Crippen molar-refractivity contribution in [3.05, 3.63) is 34.9 Å². The molecule has 0 amide bonds. The zero-order valence-corrected chi connectivity index (χ0v) is 9.27. The maximum atomic E-state index is 5.79. The van der Waals surface area contributed by atoms with Gasteiger partial charge >= 0.3 is 0 Å². The summed E-state index contributed by atoms with van der Waals surface area (Å²) in [4.78, 5) is 0. The van der Waals surface area contributed by atoms with Crippen LogP contribution in [0.1, 0.15) is 18.2 Å². The van der Waals surface area contributed by atoms with Gasteiger partial charge in [0.15, 0.2) is 0 Å². The third-order valence-corrected chi connectivity index (χ3v) is 2.36. The van der Waals surface area contributed by atoms with Crippen molar-refractivity contribution in [3.8, 4) is 0 Å². The molecule has 78 valence electrons. The summed E-state index contributed by atoms with van der Waals surface area (Å²) < 4.78 is 5.55. The van der Waals surface area contributed by atoms with Crippen molar-refractivity contribution >= 4 is 24.0 Å². The number of nitrogens with one attached hydrogen (secondary N) is 1. The topological polar surface area (TPSA) is 21.3 Å². The van der Waals surface area contributed by atoms with Crippen LogP contribution < -0.4 is 5.32 Å². The number of hydrogen-bond donors (Lipinski definition) is 1. The maximum Gasteiger partial charge on any atom is 0.134 e. The average molecular weight is 234 g/mol. The summed E-state index contributed by atoms with van der Waals surface area (Å²) >= 11 is 5.79. The molecule has 1 heterocycles. The Morgan fingerprint density at radius 3 is 2.57 bits per heavy atom. The minimum atomic E-state index is 0. The molecule has 1 fully saturated rings. The Kier molecular flexibility index (Phi) is 4.69. The number of halogens is 2. The molecule has 0 aliphatic carbocycles. The molecule has 0 spiro atoms. The van der Waals surface area contributed by atoms with E-state index in [-0.39, 0.29) is 18.6 Å². The zero-order valence-electron chi connectivity index (χ0n) is 7.70. The number of benzene rings is 1. The van der Waals surface area contributed by atoms with Crippen molar-refractivity contribution in [2.24, 2.45) is 0 Å². The molecule has 1 aromatic rings. The van der Waals surface area contributed by atoms with Gasteiger partial charge < -0.3 is 4.74 Å². The molecule has 2 nitrogen and oxygen atoms in total. The van der Waals surface area contributed by atoms with Gasteiger partial charge in [0.05, 0.1) is 6.61 Å². The Balaban J connectivity index is 0.000000980. The second-order valence-electron chi connectivity index (χ2n) is 3.11. The summed E-state index contributed by atoms with van der Waals surface area (Å²) in [5, 5.41) is 4.05. The largest absolute Gasteiger partial charge is 0.359 e. The van der Waals surface area contributed by atoms with Gasteiger partial charge in [0.2, 0.25) is 0 Å². The first-order valence-electron chi connectivity index (χ1n) is 4.47. The Hall–Kier alpha value is -0.280. The van der Waals surface area contributed by atoms with Crippen LogP contribution in [0.4, 0.5) is 0 Å². The van der Waals surface area contributed by atoms with Crippen molar-refractivity contribution in [2.75, 3.05) is 13.2 Å². The quantitative estimate of drug-likeness (QED) is 0.806. The molecular formula is C10H13Cl2NO. The molecule has 0 saturated carbocycles. The van der Waals surface area contributed by atoms with Crippen LogP contribution in [-0.2, 0) is 4.74 Å². The highest BCUT2D eigenvalue weighted by atomic mass is 35.5. The first-order chi connectivity index (χ1) is 6.36. The predicted octanol–water partition coefficient (Wildman–Crippen LogP) is 2.77. The fraction of sp³-hybridized carbons (Fsp3) is 0.400. The van der Waals surface area contributed by atoms with Crippen LogP contribution in [0, 0.1) is 0 Å². The summed E-state index contributed by atoms with van der Waals surface area (Å²) in [7, 11) is 0. The van der Waals surface area contributed by atoms with Gasteiger partial charge in [-0.2, -0.15) is 0 Å². The van der Waals surface area contributed by atoms with E-state index in [2.05, 4.69) is 5.32 Å². The van der Waals surface area contributed by atoms with Crippen molar-refractivity contribution in [1.29, 1.82) is 0 Å². The number of hydrogen-bond acceptors (Lipinski definition) is 2. The minimum absolute atomic E-state index is 0. The summed E-state index contributed by atoms with van der Waals surface area (Å²) in [5.74, 6) is 0. The maximum absolute atomic E-state index is 5.79. The summed E-state index contributed by atoms with van der Waals surface area (Å²) in [6.07, 6.45) is 1.13. The summed E-state index contributed by atoms with van der Waals surface area (Å²) in [6, 6.07) is 7.75. The SMILES string of the molecule is Cl.Clc1ccc(C2NCCCO2)cc1. The van der Waals surface area contributed by atoms with Crippen LogP contribution in [0.2, 0.25) is 5.02 Å². The Morgan fingerprint density at radius 2 is 2.00 bits per heavy atom. The van der Waals surface area contributed by atoms with Gasteiger partial charge in [-0.05, 0) is 24.1 Å². The highest BCUT2D eigenvalue weighted by Crippen LogP contribution is 2.19. The smallest absolute Gasteiger partial charge is 0.134 e. The lowest BCUT2D eigenvalue weighted by molar-refractivity contribution is -0.000309. The first kappa shape index (κ1) is 11.8. The molecule has 1 atom stereocenters. The van der Waals surface area contributed by atoms with E-state index in [9.17, 15) is 0 Å². The monoisotopic (exact) mass is 233 g/mol. The predicted molar refractivity (Wildman–Crippen MR) is 60.0 cm³/mol. The van der Waals surface area contributed by atoms with E-state index >= 15 is 0 Å². The van der Waals surface area contributed by atoms with E-state index in [1.165, 1.54) is 0 Å². The highest BCUT2D eigenvalue weighted by molar-refractivity contribution is 6.30. The molecule has 4 heteroatoms. The third-order valence-electron chi connectivity index (χ3n) is 2.11. The van der Waals surface area contributed by atoms with Crippen molar-refractivity contribution in [1.82, 2.24) is 5.32 Å². The van der Waals surface area contributed by atoms with Gasteiger partial charge in [0.1, 0.15) is 6.23 Å². The molecule has 0 bridgehead atoms.